The summed E-state index contributed by atoms with van der Waals surface area (Å²) in [4.78, 5) is 2.49. The molecule has 1 aliphatic rings. The maximum atomic E-state index is 2.49. The monoisotopic (exact) mass is 279 g/mol. The van der Waals surface area contributed by atoms with Crippen LogP contribution in [0.3, 0.4) is 0 Å². The average molecular weight is 279 g/mol. The lowest BCUT2D eigenvalue weighted by Gasteiger charge is -2.48. The summed E-state index contributed by atoms with van der Waals surface area (Å²) >= 11 is 0. The first kappa shape index (κ1) is 14.2. The van der Waals surface area contributed by atoms with Gasteiger partial charge in [-0.15, -0.1) is 0 Å². The molecule has 3 rings (SSSR count). The highest BCUT2D eigenvalue weighted by Crippen LogP contribution is 2.51. The first-order valence-corrected chi connectivity index (χ1v) is 7.74. The summed E-state index contributed by atoms with van der Waals surface area (Å²) in [5.74, 6) is 0. The molecule has 0 spiro atoms. The van der Waals surface area contributed by atoms with E-state index in [0.29, 0.717) is 0 Å². The van der Waals surface area contributed by atoms with Crippen LogP contribution in [0, 0.1) is 6.92 Å². The second-order valence-corrected chi connectivity index (χ2v) is 7.67. The molecule has 1 heteroatoms. The zero-order valence-corrected chi connectivity index (χ0v) is 14.0. The zero-order valence-electron chi connectivity index (χ0n) is 14.0. The van der Waals surface area contributed by atoms with Gasteiger partial charge in [0.1, 0.15) is 0 Å². The van der Waals surface area contributed by atoms with Gasteiger partial charge in [-0.25, -0.2) is 0 Å². The Bertz CT molecular complexity index is 689. The van der Waals surface area contributed by atoms with Crippen LogP contribution in [0.1, 0.15) is 51.3 Å². The van der Waals surface area contributed by atoms with E-state index in [1.54, 1.807) is 0 Å². The predicted octanol–water partition coefficient (Wildman–Crippen LogP) is 5.57. The quantitative estimate of drug-likeness (QED) is 0.609. The molecule has 1 nitrogen and oxygen atoms in total. The fourth-order valence-corrected chi connectivity index (χ4v) is 3.54. The second-order valence-electron chi connectivity index (χ2n) is 7.67. The summed E-state index contributed by atoms with van der Waals surface area (Å²) in [6.45, 7) is 13.7. The standard InChI is InChI=1S/C20H25N/c1-14-11-12-18-16(13-14)20(5,6)15-9-7-8-10-17(15)21(18)19(2,3)4/h7-13H,1-6H3. The maximum Gasteiger partial charge on any atom is 0.0457 e. The molecular weight excluding hydrogens is 254 g/mol. The molecule has 0 fully saturated rings. The molecule has 0 amide bonds. The van der Waals surface area contributed by atoms with E-state index < -0.39 is 0 Å². The van der Waals surface area contributed by atoms with Crippen molar-refractivity contribution in [2.75, 3.05) is 4.90 Å². The predicted molar refractivity (Wildman–Crippen MR) is 91.6 cm³/mol. The Morgan fingerprint density at radius 2 is 1.48 bits per heavy atom. The third-order valence-electron chi connectivity index (χ3n) is 4.56. The van der Waals surface area contributed by atoms with Crippen molar-refractivity contribution in [2.45, 2.75) is 52.5 Å². The molecule has 0 radical (unpaired) electrons. The van der Waals surface area contributed by atoms with E-state index in [9.17, 15) is 0 Å². The number of rotatable bonds is 0. The summed E-state index contributed by atoms with van der Waals surface area (Å²) in [7, 11) is 0. The SMILES string of the molecule is Cc1ccc2c(c1)C(C)(C)c1ccccc1N2C(C)(C)C. The lowest BCUT2D eigenvalue weighted by Crippen LogP contribution is -2.43. The number of fused-ring (bicyclic) bond motifs is 2. The molecule has 110 valence electrons. The molecule has 0 aliphatic carbocycles. The summed E-state index contributed by atoms with van der Waals surface area (Å²) in [5, 5.41) is 0. The van der Waals surface area contributed by atoms with Gasteiger partial charge in [-0.3, -0.25) is 0 Å². The van der Waals surface area contributed by atoms with E-state index in [1.165, 1.54) is 28.1 Å². The maximum absolute atomic E-state index is 2.49. The molecule has 0 N–H and O–H groups in total. The number of aryl methyl sites for hydroxylation is 1. The average Bonchev–Trinajstić information content (AvgIpc) is 2.39. The Morgan fingerprint density at radius 3 is 2.14 bits per heavy atom. The Labute approximate surface area is 128 Å². The van der Waals surface area contributed by atoms with Gasteiger partial charge >= 0.3 is 0 Å². The summed E-state index contributed by atoms with van der Waals surface area (Å²) in [6.07, 6.45) is 0. The van der Waals surface area contributed by atoms with E-state index >= 15 is 0 Å². The zero-order chi connectivity index (χ0) is 15.4. The molecule has 1 aliphatic heterocycles. The molecular formula is C20H25N. The minimum absolute atomic E-state index is 0.0414. The van der Waals surface area contributed by atoms with Gasteiger partial charge in [-0.05, 0) is 51.0 Å². The Hall–Kier alpha value is -1.76. The molecule has 21 heavy (non-hydrogen) atoms. The number of nitrogens with zero attached hydrogens (tertiary/aromatic N) is 1. The van der Waals surface area contributed by atoms with Crippen LogP contribution < -0.4 is 4.90 Å². The van der Waals surface area contributed by atoms with Crippen molar-refractivity contribution in [3.8, 4) is 0 Å². The van der Waals surface area contributed by atoms with Crippen molar-refractivity contribution >= 4 is 11.4 Å². The van der Waals surface area contributed by atoms with Crippen LogP contribution in [0.4, 0.5) is 11.4 Å². The molecule has 2 aromatic carbocycles. The normalized spacial score (nSPS) is 16.4. The van der Waals surface area contributed by atoms with E-state index in [1.807, 2.05) is 0 Å². The third-order valence-corrected chi connectivity index (χ3v) is 4.56. The van der Waals surface area contributed by atoms with Gasteiger partial charge < -0.3 is 4.90 Å². The van der Waals surface area contributed by atoms with E-state index in [4.69, 9.17) is 0 Å². The third kappa shape index (κ3) is 2.07. The molecule has 0 atom stereocenters. The fourth-order valence-electron chi connectivity index (χ4n) is 3.54. The van der Waals surface area contributed by atoms with Crippen LogP contribution in [0.25, 0.3) is 0 Å². The Balaban J connectivity index is 2.37. The van der Waals surface area contributed by atoms with Gasteiger partial charge in [0.25, 0.3) is 0 Å². The van der Waals surface area contributed by atoms with E-state index in [0.717, 1.165) is 0 Å². The molecule has 2 aromatic rings. The molecule has 0 aromatic heterocycles. The van der Waals surface area contributed by atoms with Crippen LogP contribution in [-0.2, 0) is 5.41 Å². The first-order chi connectivity index (χ1) is 9.73. The van der Waals surface area contributed by atoms with Crippen LogP contribution in [0.2, 0.25) is 0 Å². The summed E-state index contributed by atoms with van der Waals surface area (Å²) < 4.78 is 0. The summed E-state index contributed by atoms with van der Waals surface area (Å²) in [6, 6.07) is 15.7. The highest BCUT2D eigenvalue weighted by molar-refractivity contribution is 5.79. The molecule has 0 unspecified atom stereocenters. The summed E-state index contributed by atoms with van der Waals surface area (Å²) in [5.41, 5.74) is 6.95. The van der Waals surface area contributed by atoms with Crippen LogP contribution in [-0.4, -0.2) is 5.54 Å². The Kier molecular flexibility index (Phi) is 2.95. The topological polar surface area (TPSA) is 3.24 Å². The van der Waals surface area contributed by atoms with E-state index in [-0.39, 0.29) is 11.0 Å². The number of para-hydroxylation sites is 1. The van der Waals surface area contributed by atoms with E-state index in [2.05, 4.69) is 88.9 Å². The Morgan fingerprint density at radius 1 is 0.857 bits per heavy atom. The highest BCUT2D eigenvalue weighted by atomic mass is 15.2. The number of hydrogen-bond donors (Lipinski definition) is 0. The van der Waals surface area contributed by atoms with Gasteiger partial charge in [0.15, 0.2) is 0 Å². The van der Waals surface area contributed by atoms with Gasteiger partial charge in [-0.1, -0.05) is 49.7 Å². The van der Waals surface area contributed by atoms with Crippen LogP contribution >= 0.6 is 0 Å². The molecule has 0 bridgehead atoms. The van der Waals surface area contributed by atoms with Crippen molar-refractivity contribution < 1.29 is 0 Å². The lowest BCUT2D eigenvalue weighted by atomic mass is 9.72. The first-order valence-electron chi connectivity index (χ1n) is 7.74. The second kappa shape index (κ2) is 4.37. The minimum atomic E-state index is 0.0414. The van der Waals surface area contributed by atoms with Crippen molar-refractivity contribution in [1.82, 2.24) is 0 Å². The van der Waals surface area contributed by atoms with Gasteiger partial charge in [0, 0.05) is 22.3 Å². The van der Waals surface area contributed by atoms with Crippen molar-refractivity contribution in [2.24, 2.45) is 0 Å². The van der Waals surface area contributed by atoms with Crippen LogP contribution in [0.15, 0.2) is 42.5 Å². The number of anilines is 2. The van der Waals surface area contributed by atoms with Crippen molar-refractivity contribution in [3.05, 3.63) is 59.2 Å². The molecule has 0 saturated carbocycles. The van der Waals surface area contributed by atoms with Gasteiger partial charge in [0.05, 0.1) is 0 Å². The number of hydrogen-bond acceptors (Lipinski definition) is 1. The molecule has 1 heterocycles. The van der Waals surface area contributed by atoms with Crippen molar-refractivity contribution in [3.63, 3.8) is 0 Å². The largest absolute Gasteiger partial charge is 0.336 e. The smallest absolute Gasteiger partial charge is 0.0457 e. The lowest BCUT2D eigenvalue weighted by molar-refractivity contribution is 0.530. The van der Waals surface area contributed by atoms with Crippen molar-refractivity contribution in [1.29, 1.82) is 0 Å². The van der Waals surface area contributed by atoms with Crippen LogP contribution in [0.5, 0.6) is 0 Å². The molecule has 0 saturated heterocycles. The number of benzene rings is 2. The van der Waals surface area contributed by atoms with Gasteiger partial charge in [0.2, 0.25) is 0 Å². The highest BCUT2D eigenvalue weighted by Gasteiger charge is 2.39. The fraction of sp³-hybridized carbons (Fsp3) is 0.400. The van der Waals surface area contributed by atoms with Gasteiger partial charge in [-0.2, -0.15) is 0 Å². The minimum Gasteiger partial charge on any atom is -0.336 e.